The van der Waals surface area contributed by atoms with Crippen molar-refractivity contribution in [2.24, 2.45) is 16.8 Å². The van der Waals surface area contributed by atoms with Gasteiger partial charge in [-0.1, -0.05) is 39.8 Å². The third-order valence-electron chi connectivity index (χ3n) is 11.5. The molecule has 0 aliphatic carbocycles. The lowest BCUT2D eigenvalue weighted by atomic mass is 10.0. The van der Waals surface area contributed by atoms with E-state index in [2.05, 4.69) is 15.6 Å². The van der Waals surface area contributed by atoms with E-state index in [4.69, 9.17) is 29.3 Å². The van der Waals surface area contributed by atoms with Crippen molar-refractivity contribution in [1.29, 1.82) is 0 Å². The van der Waals surface area contributed by atoms with Gasteiger partial charge in [-0.15, -0.1) is 0 Å². The minimum Gasteiger partial charge on any atom is -0.453 e. The fourth-order valence-corrected chi connectivity index (χ4v) is 8.32. The molecule has 312 valence electrons. The van der Waals surface area contributed by atoms with Gasteiger partial charge < -0.3 is 39.6 Å². The molecule has 5 heterocycles. The molecule has 16 nitrogen and oxygen atoms in total. The maximum atomic E-state index is 13.6. The molecule has 4 amide bonds. The first-order valence-electron chi connectivity index (χ1n) is 20.2. The van der Waals surface area contributed by atoms with Crippen LogP contribution in [-0.2, 0) is 19.1 Å². The van der Waals surface area contributed by atoms with Crippen LogP contribution in [0, 0.1) is 11.8 Å². The number of nitrogens with zero attached hydrogens (tertiary/aromatic N) is 6. The fraction of sp³-hybridized carbons (Fsp3) is 0.465. The molecule has 0 spiro atoms. The highest BCUT2D eigenvalue weighted by atomic mass is 16.5. The number of aromatic nitrogens is 4. The van der Waals surface area contributed by atoms with Crippen LogP contribution in [0.1, 0.15) is 84.7 Å². The molecule has 2 saturated heterocycles. The van der Waals surface area contributed by atoms with Crippen LogP contribution in [-0.4, -0.2) is 105 Å². The minimum absolute atomic E-state index is 0.112. The Balaban J connectivity index is 1.09. The van der Waals surface area contributed by atoms with Gasteiger partial charge in [0.2, 0.25) is 11.8 Å². The number of amides is 4. The Morgan fingerprint density at radius 2 is 1.54 bits per heavy atom. The first-order chi connectivity index (χ1) is 28.3. The lowest BCUT2D eigenvalue weighted by Crippen LogP contribution is -2.53. The Morgan fingerprint density at radius 3 is 2.22 bits per heavy atom. The van der Waals surface area contributed by atoms with Crippen LogP contribution in [0.3, 0.4) is 0 Å². The van der Waals surface area contributed by atoms with Gasteiger partial charge in [-0.2, -0.15) is 5.10 Å². The molecule has 2 fully saturated rings. The zero-order valence-electron chi connectivity index (χ0n) is 34.9. The number of methoxy groups -OCH3 is 2. The molecule has 7 rings (SSSR count). The number of rotatable bonds is 11. The van der Waals surface area contributed by atoms with Crippen LogP contribution in [0.5, 0.6) is 11.5 Å². The van der Waals surface area contributed by atoms with Crippen molar-refractivity contribution in [3.63, 3.8) is 0 Å². The van der Waals surface area contributed by atoms with Gasteiger partial charge in [-0.25, -0.2) is 19.3 Å². The van der Waals surface area contributed by atoms with Crippen LogP contribution >= 0.6 is 0 Å². The second kappa shape index (κ2) is 17.0. The van der Waals surface area contributed by atoms with Gasteiger partial charge in [0.15, 0.2) is 11.5 Å². The second-order valence-corrected chi connectivity index (χ2v) is 16.1. The summed E-state index contributed by atoms with van der Waals surface area (Å²) in [6.45, 7) is 12.7. The van der Waals surface area contributed by atoms with Crippen molar-refractivity contribution in [2.75, 3.05) is 27.3 Å². The van der Waals surface area contributed by atoms with Crippen molar-refractivity contribution >= 4 is 46.2 Å². The summed E-state index contributed by atoms with van der Waals surface area (Å²) >= 11 is 0. The highest BCUT2D eigenvalue weighted by molar-refractivity contribution is 5.98. The summed E-state index contributed by atoms with van der Waals surface area (Å²) in [4.78, 5) is 67.8. The smallest absolute Gasteiger partial charge is 0.407 e. The molecule has 3 aliphatic rings. The van der Waals surface area contributed by atoms with Crippen LogP contribution in [0.25, 0.3) is 33.4 Å². The van der Waals surface area contributed by atoms with E-state index in [1.807, 2.05) is 93.9 Å². The topological polar surface area (TPSA) is 185 Å². The molecule has 2 aromatic heterocycles. The monoisotopic (exact) mass is 807 g/mol. The molecule has 3 N–H and O–H groups in total. The Hall–Kier alpha value is -6.19. The number of likely N-dealkylation sites (tertiary alicyclic amines) is 2. The summed E-state index contributed by atoms with van der Waals surface area (Å²) in [5.74, 6) is 1.45. The Kier molecular flexibility index (Phi) is 11.8. The first-order valence-corrected chi connectivity index (χ1v) is 20.2. The van der Waals surface area contributed by atoms with Crippen molar-refractivity contribution in [3.05, 3.63) is 60.3 Å². The number of allylic oxidation sites excluding steroid dienone is 1. The largest absolute Gasteiger partial charge is 0.453 e. The zero-order chi connectivity index (χ0) is 42.1. The molecule has 4 aromatic rings. The number of alkyl carbamates (subject to hydrolysis) is 2. The van der Waals surface area contributed by atoms with Crippen LogP contribution in [0.15, 0.2) is 53.9 Å². The van der Waals surface area contributed by atoms with E-state index >= 15 is 0 Å². The third kappa shape index (κ3) is 7.99. The number of ether oxygens (including phenoxy) is 3. The standard InChI is InChI=1S/C43H53N9O7/c1-23(2)36(48-42(55)57-7)40(53)50-17-9-11-31(50)26(6)44-20-25(5)28-14-16-34-38-29(28)21-46-52(38)32-15-13-27(19-35(32)59-34)30-22-45-39(47-30)33-12-10-18-51(33)41(54)37(24(3)4)49-43(56)58-8/h13-16,19-24,31,33,36-37H,9-12,17-18H2,1-8H3,(H,45,47)(H,48,55)(H,49,56)/b25-20+,44-26+/t31-,33-,36-,37-/m0/s1. The number of hydrogen-bond donors (Lipinski definition) is 3. The van der Waals surface area contributed by atoms with Crippen molar-refractivity contribution < 1.29 is 33.4 Å². The minimum atomic E-state index is -0.713. The lowest BCUT2D eigenvalue weighted by molar-refractivity contribution is -0.135. The number of hydrogen-bond acceptors (Lipinski definition) is 10. The van der Waals surface area contributed by atoms with E-state index in [9.17, 15) is 19.2 Å². The molecule has 59 heavy (non-hydrogen) atoms. The Bertz CT molecular complexity index is 2330. The van der Waals surface area contributed by atoms with E-state index in [0.717, 1.165) is 70.4 Å². The van der Waals surface area contributed by atoms with Crippen LogP contribution < -0.4 is 15.4 Å². The fourth-order valence-electron chi connectivity index (χ4n) is 8.32. The summed E-state index contributed by atoms with van der Waals surface area (Å²) in [5.41, 5.74) is 5.99. The normalized spacial score (nSPS) is 18.8. The predicted octanol–water partition coefficient (Wildman–Crippen LogP) is 6.76. The number of benzene rings is 2. The van der Waals surface area contributed by atoms with E-state index in [0.29, 0.717) is 30.4 Å². The number of aromatic amines is 1. The van der Waals surface area contributed by atoms with Crippen molar-refractivity contribution in [2.45, 2.75) is 91.4 Å². The number of fused-ring (bicyclic) bond motifs is 2. The summed E-state index contributed by atoms with van der Waals surface area (Å²) in [6, 6.07) is 8.03. The van der Waals surface area contributed by atoms with E-state index in [1.165, 1.54) is 14.2 Å². The number of H-pyrrole nitrogens is 1. The predicted molar refractivity (Wildman–Crippen MR) is 222 cm³/mol. The van der Waals surface area contributed by atoms with Gasteiger partial charge in [0.05, 0.1) is 44.4 Å². The number of carbonyl (C=O) groups excluding carboxylic acids is 4. The average Bonchev–Trinajstić information content (AvgIpc) is 4.07. The van der Waals surface area contributed by atoms with Crippen LogP contribution in [0.2, 0.25) is 0 Å². The van der Waals surface area contributed by atoms with Crippen molar-refractivity contribution in [3.8, 4) is 28.4 Å². The number of aliphatic imine (C=N–C) groups is 1. The van der Waals surface area contributed by atoms with Gasteiger partial charge in [0, 0.05) is 36.0 Å². The SMILES string of the molecule is COC(=O)N[C@H](C(=O)N1CCC[C@H]1/C(C)=N/C=C(\C)c1ccc2c3c1cnn3-c1ccc(-c3cnc([C@@H]4CCCN4C(=O)[C@@H](NC(=O)OC)C(C)C)[nH]3)cc1O2)C(C)C. The van der Waals surface area contributed by atoms with Gasteiger partial charge in [-0.05, 0) is 80.7 Å². The summed E-state index contributed by atoms with van der Waals surface area (Å²) in [7, 11) is 2.57. The average molecular weight is 808 g/mol. The maximum absolute atomic E-state index is 13.6. The third-order valence-corrected chi connectivity index (χ3v) is 11.5. The molecule has 3 aliphatic heterocycles. The van der Waals surface area contributed by atoms with Crippen LogP contribution in [0.4, 0.5) is 9.59 Å². The maximum Gasteiger partial charge on any atom is 0.407 e. The summed E-state index contributed by atoms with van der Waals surface area (Å²) in [5, 5.41) is 11.1. The number of imidazole rings is 1. The molecular formula is C43H53N9O7. The Morgan fingerprint density at radius 1 is 0.881 bits per heavy atom. The zero-order valence-corrected chi connectivity index (χ0v) is 34.9. The molecule has 16 heteroatoms. The molecule has 0 saturated carbocycles. The molecule has 2 aromatic carbocycles. The molecule has 0 radical (unpaired) electrons. The Labute approximate surface area is 343 Å². The summed E-state index contributed by atoms with van der Waals surface area (Å²) < 4.78 is 17.9. The highest BCUT2D eigenvalue weighted by Gasteiger charge is 2.39. The van der Waals surface area contributed by atoms with E-state index in [1.54, 1.807) is 11.1 Å². The first kappa shape index (κ1) is 41.0. The van der Waals surface area contributed by atoms with E-state index in [-0.39, 0.29) is 35.7 Å². The molecule has 0 unspecified atom stereocenters. The van der Waals surface area contributed by atoms with Gasteiger partial charge in [0.25, 0.3) is 0 Å². The van der Waals surface area contributed by atoms with Gasteiger partial charge in [-0.3, -0.25) is 14.6 Å². The van der Waals surface area contributed by atoms with Gasteiger partial charge >= 0.3 is 12.2 Å². The summed E-state index contributed by atoms with van der Waals surface area (Å²) in [6.07, 6.45) is 7.39. The molecule has 4 atom stereocenters. The van der Waals surface area contributed by atoms with Gasteiger partial charge in [0.1, 0.15) is 29.1 Å². The molecule has 0 bridgehead atoms. The second-order valence-electron chi connectivity index (χ2n) is 16.1. The highest BCUT2D eigenvalue weighted by Crippen LogP contribution is 2.44. The lowest BCUT2D eigenvalue weighted by Gasteiger charge is -2.30. The number of nitrogens with one attached hydrogen (secondary N) is 3. The number of carbonyl (C=O) groups is 4. The van der Waals surface area contributed by atoms with E-state index < -0.39 is 24.3 Å². The van der Waals surface area contributed by atoms with Crippen molar-refractivity contribution in [1.82, 2.24) is 40.2 Å². The quantitative estimate of drug-likeness (QED) is 0.121. The molecular weight excluding hydrogens is 755 g/mol.